The first kappa shape index (κ1) is 17.1. The van der Waals surface area contributed by atoms with Crippen LogP contribution in [0.4, 0.5) is 10.1 Å². The number of aromatic nitrogens is 1. The highest BCUT2D eigenvalue weighted by atomic mass is 19.1. The maximum absolute atomic E-state index is 13.5. The number of amides is 1. The van der Waals surface area contributed by atoms with Crippen molar-refractivity contribution in [3.8, 4) is 0 Å². The molecular formula is C18H27FN4O. The second-order valence-electron chi connectivity index (χ2n) is 6.76. The van der Waals surface area contributed by atoms with E-state index >= 15 is 0 Å². The molecule has 132 valence electrons. The molecule has 1 N–H and O–H groups in total. The summed E-state index contributed by atoms with van der Waals surface area (Å²) in [6.07, 6.45) is 5.77. The van der Waals surface area contributed by atoms with Gasteiger partial charge in [0.2, 0.25) is 0 Å². The van der Waals surface area contributed by atoms with Crippen LogP contribution in [0.15, 0.2) is 18.3 Å². The summed E-state index contributed by atoms with van der Waals surface area (Å²) in [5.41, 5.74) is 1.52. The number of piperidine rings is 1. The normalized spacial score (nSPS) is 23.8. The van der Waals surface area contributed by atoms with Crippen molar-refractivity contribution in [1.29, 1.82) is 0 Å². The highest BCUT2D eigenvalue weighted by molar-refractivity contribution is 5.92. The minimum Gasteiger partial charge on any atom is -0.370 e. The van der Waals surface area contributed by atoms with Gasteiger partial charge in [-0.2, -0.15) is 0 Å². The summed E-state index contributed by atoms with van der Waals surface area (Å²) >= 11 is 0. The van der Waals surface area contributed by atoms with Crippen molar-refractivity contribution in [2.75, 3.05) is 38.1 Å². The summed E-state index contributed by atoms with van der Waals surface area (Å²) in [5.74, 6) is -0.160. The molecule has 3 heterocycles. The molecule has 0 bridgehead atoms. The van der Waals surface area contributed by atoms with Crippen LogP contribution >= 0.6 is 0 Å². The van der Waals surface area contributed by atoms with Crippen molar-refractivity contribution in [2.24, 2.45) is 0 Å². The van der Waals surface area contributed by atoms with E-state index in [0.29, 0.717) is 18.2 Å². The number of rotatable bonds is 3. The number of likely N-dealkylation sites (tertiary alicyclic amines) is 1. The average Bonchev–Trinajstić information content (AvgIpc) is 2.86. The molecule has 0 aromatic carbocycles. The van der Waals surface area contributed by atoms with Crippen LogP contribution in [0.5, 0.6) is 0 Å². The van der Waals surface area contributed by atoms with Gasteiger partial charge in [-0.05, 0) is 50.8 Å². The van der Waals surface area contributed by atoms with E-state index in [1.807, 2.05) is 6.07 Å². The number of alkyl halides is 1. The minimum atomic E-state index is -0.611. The Hall–Kier alpha value is -1.69. The van der Waals surface area contributed by atoms with E-state index in [2.05, 4.69) is 20.1 Å². The van der Waals surface area contributed by atoms with Crippen molar-refractivity contribution in [3.05, 3.63) is 24.0 Å². The monoisotopic (exact) mass is 334 g/mol. The van der Waals surface area contributed by atoms with E-state index in [1.165, 1.54) is 0 Å². The van der Waals surface area contributed by atoms with Gasteiger partial charge in [0, 0.05) is 32.7 Å². The number of anilines is 1. The molecular weight excluding hydrogens is 307 g/mol. The van der Waals surface area contributed by atoms with Crippen LogP contribution in [-0.2, 0) is 0 Å². The number of pyridine rings is 1. The molecule has 1 atom stereocenters. The lowest BCUT2D eigenvalue weighted by atomic mass is 10.0. The van der Waals surface area contributed by atoms with Gasteiger partial charge < -0.3 is 15.1 Å². The van der Waals surface area contributed by atoms with E-state index in [-0.39, 0.29) is 5.91 Å². The molecule has 2 fully saturated rings. The number of carbonyl (C=O) groups is 1. The first-order valence-electron chi connectivity index (χ1n) is 8.98. The number of nitrogens with zero attached hydrogens (tertiary/aromatic N) is 3. The Kier molecular flexibility index (Phi) is 5.66. The Morgan fingerprint density at radius 2 is 1.96 bits per heavy atom. The molecule has 0 aliphatic carbocycles. The Bertz CT molecular complexity index is 542. The second kappa shape index (κ2) is 7.92. The van der Waals surface area contributed by atoms with Gasteiger partial charge in [-0.25, -0.2) is 9.37 Å². The lowest BCUT2D eigenvalue weighted by molar-refractivity contribution is 0.0958. The lowest BCUT2D eigenvalue weighted by Gasteiger charge is -2.39. The summed E-state index contributed by atoms with van der Waals surface area (Å²) in [6, 6.07) is 4.32. The van der Waals surface area contributed by atoms with Crippen LogP contribution in [0.25, 0.3) is 0 Å². The third-order valence-corrected chi connectivity index (χ3v) is 5.25. The van der Waals surface area contributed by atoms with Crippen molar-refractivity contribution in [1.82, 2.24) is 15.2 Å². The summed E-state index contributed by atoms with van der Waals surface area (Å²) in [6.45, 7) is 3.91. The topological polar surface area (TPSA) is 48.5 Å². The van der Waals surface area contributed by atoms with Gasteiger partial charge in [-0.1, -0.05) is 0 Å². The molecule has 0 radical (unpaired) electrons. The summed E-state index contributed by atoms with van der Waals surface area (Å²) in [5, 5.41) is 2.58. The van der Waals surface area contributed by atoms with Crippen LogP contribution in [0.3, 0.4) is 0 Å². The van der Waals surface area contributed by atoms with Crippen LogP contribution in [0.1, 0.15) is 42.6 Å². The fourth-order valence-corrected chi connectivity index (χ4v) is 3.77. The fraction of sp³-hybridized carbons (Fsp3) is 0.667. The van der Waals surface area contributed by atoms with E-state index in [9.17, 15) is 9.18 Å². The minimum absolute atomic E-state index is 0.160. The molecule has 0 saturated carbocycles. The first-order chi connectivity index (χ1) is 11.7. The molecule has 0 spiro atoms. The van der Waals surface area contributed by atoms with Crippen molar-refractivity contribution >= 4 is 11.6 Å². The molecule has 5 nitrogen and oxygen atoms in total. The van der Waals surface area contributed by atoms with E-state index < -0.39 is 6.17 Å². The molecule has 3 rings (SSSR count). The smallest absolute Gasteiger partial charge is 0.269 e. The molecule has 1 amide bonds. The number of carbonyl (C=O) groups excluding carboxylic acids is 1. The third-order valence-electron chi connectivity index (χ3n) is 5.25. The predicted molar refractivity (Wildman–Crippen MR) is 93.2 cm³/mol. The van der Waals surface area contributed by atoms with Gasteiger partial charge in [0.05, 0.1) is 11.9 Å². The highest BCUT2D eigenvalue weighted by Gasteiger charge is 2.27. The Balaban J connectivity index is 1.54. The predicted octanol–water partition coefficient (Wildman–Crippen LogP) is 2.23. The molecule has 2 aliphatic rings. The maximum atomic E-state index is 13.5. The van der Waals surface area contributed by atoms with Gasteiger partial charge >= 0.3 is 0 Å². The Morgan fingerprint density at radius 1 is 1.17 bits per heavy atom. The van der Waals surface area contributed by atoms with Crippen LogP contribution < -0.4 is 10.2 Å². The molecule has 2 saturated heterocycles. The van der Waals surface area contributed by atoms with Crippen molar-refractivity contribution < 1.29 is 9.18 Å². The number of hydrogen-bond donors (Lipinski definition) is 1. The zero-order valence-electron chi connectivity index (χ0n) is 14.4. The van der Waals surface area contributed by atoms with Gasteiger partial charge in [-0.3, -0.25) is 4.79 Å². The summed E-state index contributed by atoms with van der Waals surface area (Å²) in [7, 11) is 1.61. The van der Waals surface area contributed by atoms with E-state index in [0.717, 1.165) is 57.5 Å². The van der Waals surface area contributed by atoms with Crippen molar-refractivity contribution in [2.45, 2.75) is 44.3 Å². The molecule has 1 unspecified atom stereocenters. The molecule has 2 aliphatic heterocycles. The van der Waals surface area contributed by atoms with Crippen LogP contribution in [0.2, 0.25) is 0 Å². The lowest BCUT2D eigenvalue weighted by Crippen LogP contribution is -2.45. The van der Waals surface area contributed by atoms with Gasteiger partial charge in [0.25, 0.3) is 5.91 Å². The second-order valence-corrected chi connectivity index (χ2v) is 6.76. The SMILES string of the molecule is CNC(=O)c1ccc(N2CCC(N3CCCC(F)CC3)CC2)cn1. The molecule has 24 heavy (non-hydrogen) atoms. The largest absolute Gasteiger partial charge is 0.370 e. The first-order valence-corrected chi connectivity index (χ1v) is 8.98. The number of halogens is 1. The Morgan fingerprint density at radius 3 is 2.62 bits per heavy atom. The zero-order chi connectivity index (χ0) is 16.9. The highest BCUT2D eigenvalue weighted by Crippen LogP contribution is 2.24. The van der Waals surface area contributed by atoms with Gasteiger partial charge in [-0.15, -0.1) is 0 Å². The van der Waals surface area contributed by atoms with E-state index in [4.69, 9.17) is 0 Å². The molecule has 6 heteroatoms. The van der Waals surface area contributed by atoms with Crippen molar-refractivity contribution in [3.63, 3.8) is 0 Å². The van der Waals surface area contributed by atoms with Gasteiger partial charge in [0.1, 0.15) is 11.9 Å². The zero-order valence-corrected chi connectivity index (χ0v) is 14.4. The number of hydrogen-bond acceptors (Lipinski definition) is 4. The molecule has 1 aromatic heterocycles. The van der Waals surface area contributed by atoms with Gasteiger partial charge in [0.15, 0.2) is 0 Å². The summed E-state index contributed by atoms with van der Waals surface area (Å²) < 4.78 is 13.5. The van der Waals surface area contributed by atoms with E-state index in [1.54, 1.807) is 19.3 Å². The maximum Gasteiger partial charge on any atom is 0.269 e. The van der Waals surface area contributed by atoms with Crippen LogP contribution in [0, 0.1) is 0 Å². The fourth-order valence-electron chi connectivity index (χ4n) is 3.77. The summed E-state index contributed by atoms with van der Waals surface area (Å²) in [4.78, 5) is 20.6. The third kappa shape index (κ3) is 4.04. The number of nitrogens with one attached hydrogen (secondary N) is 1. The quantitative estimate of drug-likeness (QED) is 0.921. The average molecular weight is 334 g/mol. The standard InChI is InChI=1S/C18H27FN4O/c1-20-18(24)17-5-4-16(13-21-17)23-11-7-15(8-12-23)22-9-2-3-14(19)6-10-22/h4-5,13-15H,2-3,6-12H2,1H3,(H,20,24). The molecule has 1 aromatic rings. The van der Waals surface area contributed by atoms with Crippen LogP contribution in [-0.4, -0.2) is 61.2 Å². The Labute approximate surface area is 143 Å².